The minimum Gasteiger partial charge on any atom is -0.325 e. The highest BCUT2D eigenvalue weighted by atomic mass is 32.2. The van der Waals surface area contributed by atoms with Crippen molar-refractivity contribution in [2.24, 2.45) is 0 Å². The van der Waals surface area contributed by atoms with E-state index in [1.165, 1.54) is 30.3 Å². The van der Waals surface area contributed by atoms with Crippen molar-refractivity contribution >= 4 is 29.0 Å². The zero-order valence-electron chi connectivity index (χ0n) is 12.2. The predicted molar refractivity (Wildman–Crippen MR) is 86.7 cm³/mol. The van der Waals surface area contributed by atoms with Gasteiger partial charge in [-0.2, -0.15) is 0 Å². The van der Waals surface area contributed by atoms with E-state index in [2.05, 4.69) is 15.3 Å². The second-order valence-electron chi connectivity index (χ2n) is 4.54. The first kappa shape index (κ1) is 16.7. The van der Waals surface area contributed by atoms with Crippen LogP contribution in [0.2, 0.25) is 0 Å². The topological polar surface area (TPSA) is 118 Å². The summed E-state index contributed by atoms with van der Waals surface area (Å²) in [6, 6.07) is 6.96. The van der Waals surface area contributed by atoms with Gasteiger partial charge in [-0.15, -0.1) is 0 Å². The standard InChI is InChI=1S/C14H14N4O4S/c1-2-9-7-12(19)17-14(16-9)23-8-13(20)15-10-3-5-11(6-4-10)18(21)22/h3-7H,2,8H2,1H3,(H,15,20)(H,16,17,19). The molecular formula is C14H14N4O4S. The zero-order chi connectivity index (χ0) is 16.8. The first-order valence-electron chi connectivity index (χ1n) is 6.75. The molecule has 1 aromatic carbocycles. The minimum atomic E-state index is -0.510. The molecule has 0 aliphatic rings. The lowest BCUT2D eigenvalue weighted by Crippen LogP contribution is -2.15. The van der Waals surface area contributed by atoms with Crippen LogP contribution in [0.3, 0.4) is 0 Å². The molecule has 0 aliphatic carbocycles. The Bertz CT molecular complexity index is 773. The van der Waals surface area contributed by atoms with E-state index in [4.69, 9.17) is 0 Å². The van der Waals surface area contributed by atoms with E-state index >= 15 is 0 Å². The number of H-pyrrole nitrogens is 1. The Kier molecular flexibility index (Phi) is 5.47. The highest BCUT2D eigenvalue weighted by Crippen LogP contribution is 2.16. The molecule has 2 rings (SSSR count). The molecule has 9 heteroatoms. The van der Waals surface area contributed by atoms with Gasteiger partial charge in [0.15, 0.2) is 5.16 Å². The Balaban J connectivity index is 1.93. The number of rotatable bonds is 6. The van der Waals surface area contributed by atoms with Gasteiger partial charge in [0.25, 0.3) is 11.2 Å². The van der Waals surface area contributed by atoms with Crippen molar-refractivity contribution in [2.75, 3.05) is 11.1 Å². The number of nitro groups is 1. The van der Waals surface area contributed by atoms with Crippen LogP contribution in [0, 0.1) is 10.1 Å². The van der Waals surface area contributed by atoms with Crippen LogP contribution in [-0.2, 0) is 11.2 Å². The van der Waals surface area contributed by atoms with E-state index in [1.807, 2.05) is 6.92 Å². The number of hydrogen-bond donors (Lipinski definition) is 2. The van der Waals surface area contributed by atoms with E-state index in [0.717, 1.165) is 11.8 Å². The van der Waals surface area contributed by atoms with Crippen LogP contribution in [0.25, 0.3) is 0 Å². The number of nitro benzene ring substituents is 1. The van der Waals surface area contributed by atoms with Gasteiger partial charge >= 0.3 is 0 Å². The van der Waals surface area contributed by atoms with Crippen LogP contribution in [0.5, 0.6) is 0 Å². The number of anilines is 1. The normalized spacial score (nSPS) is 10.3. The molecule has 0 spiro atoms. The molecule has 0 radical (unpaired) electrons. The number of carbonyl (C=O) groups is 1. The van der Waals surface area contributed by atoms with Gasteiger partial charge in [0.1, 0.15) is 0 Å². The fourth-order valence-electron chi connectivity index (χ4n) is 1.73. The van der Waals surface area contributed by atoms with E-state index in [1.54, 1.807) is 0 Å². The van der Waals surface area contributed by atoms with E-state index < -0.39 is 4.92 Å². The number of aryl methyl sites for hydroxylation is 1. The average molecular weight is 334 g/mol. The second-order valence-corrected chi connectivity index (χ2v) is 5.50. The highest BCUT2D eigenvalue weighted by Gasteiger charge is 2.08. The maximum Gasteiger partial charge on any atom is 0.269 e. The van der Waals surface area contributed by atoms with Crippen LogP contribution < -0.4 is 10.9 Å². The largest absolute Gasteiger partial charge is 0.325 e. The maximum absolute atomic E-state index is 11.9. The van der Waals surface area contributed by atoms with Gasteiger partial charge in [0, 0.05) is 29.6 Å². The summed E-state index contributed by atoms with van der Waals surface area (Å²) in [5.74, 6) is -0.235. The number of aromatic nitrogens is 2. The summed E-state index contributed by atoms with van der Waals surface area (Å²) in [6.07, 6.45) is 0.631. The van der Waals surface area contributed by atoms with Crippen LogP contribution >= 0.6 is 11.8 Å². The Labute approximate surface area is 135 Å². The Morgan fingerprint density at radius 3 is 2.70 bits per heavy atom. The fraction of sp³-hybridized carbons (Fsp3) is 0.214. The Morgan fingerprint density at radius 1 is 1.39 bits per heavy atom. The number of benzene rings is 1. The van der Waals surface area contributed by atoms with Gasteiger partial charge in [-0.3, -0.25) is 19.7 Å². The van der Waals surface area contributed by atoms with Crippen molar-refractivity contribution in [3.63, 3.8) is 0 Å². The molecule has 0 unspecified atom stereocenters. The summed E-state index contributed by atoms with van der Waals surface area (Å²) in [4.78, 5) is 40.1. The molecule has 2 N–H and O–H groups in total. The minimum absolute atomic E-state index is 0.0458. The molecule has 1 heterocycles. The zero-order valence-corrected chi connectivity index (χ0v) is 13.1. The summed E-state index contributed by atoms with van der Waals surface area (Å²) in [7, 11) is 0. The smallest absolute Gasteiger partial charge is 0.269 e. The van der Waals surface area contributed by atoms with Crippen molar-refractivity contribution in [1.29, 1.82) is 0 Å². The summed E-state index contributed by atoms with van der Waals surface area (Å²) in [5.41, 5.74) is 0.822. The van der Waals surface area contributed by atoms with Crippen molar-refractivity contribution in [1.82, 2.24) is 9.97 Å². The van der Waals surface area contributed by atoms with Gasteiger partial charge < -0.3 is 10.3 Å². The first-order chi connectivity index (χ1) is 11.0. The van der Waals surface area contributed by atoms with E-state index in [-0.39, 0.29) is 22.9 Å². The van der Waals surface area contributed by atoms with Crippen molar-refractivity contribution < 1.29 is 9.72 Å². The molecule has 0 atom stereocenters. The summed E-state index contributed by atoms with van der Waals surface area (Å²) >= 11 is 1.11. The summed E-state index contributed by atoms with van der Waals surface area (Å²) in [5, 5.41) is 13.6. The first-order valence-corrected chi connectivity index (χ1v) is 7.74. The number of nitrogens with zero attached hydrogens (tertiary/aromatic N) is 2. The van der Waals surface area contributed by atoms with Gasteiger partial charge in [0.05, 0.1) is 10.7 Å². The molecule has 0 saturated carbocycles. The molecule has 8 nitrogen and oxygen atoms in total. The second kappa shape index (κ2) is 7.54. The van der Waals surface area contributed by atoms with Crippen LogP contribution in [-0.4, -0.2) is 26.6 Å². The molecular weight excluding hydrogens is 320 g/mol. The third-order valence-electron chi connectivity index (χ3n) is 2.84. The van der Waals surface area contributed by atoms with Crippen molar-refractivity contribution in [2.45, 2.75) is 18.5 Å². The van der Waals surface area contributed by atoms with Crippen LogP contribution in [0.15, 0.2) is 40.3 Å². The molecule has 23 heavy (non-hydrogen) atoms. The fourth-order valence-corrected chi connectivity index (χ4v) is 2.42. The van der Waals surface area contributed by atoms with Gasteiger partial charge in [0.2, 0.25) is 5.91 Å². The third kappa shape index (κ3) is 4.92. The molecule has 0 aliphatic heterocycles. The third-order valence-corrected chi connectivity index (χ3v) is 3.71. The number of thioether (sulfide) groups is 1. The Morgan fingerprint density at radius 2 is 2.09 bits per heavy atom. The predicted octanol–water partition coefficient (Wildman–Crippen LogP) is 1.97. The summed E-state index contributed by atoms with van der Waals surface area (Å²) < 4.78 is 0. The number of aromatic amines is 1. The van der Waals surface area contributed by atoms with Crippen LogP contribution in [0.4, 0.5) is 11.4 Å². The molecule has 1 aromatic heterocycles. The SMILES string of the molecule is CCc1cc(=O)[nH]c(SCC(=O)Nc2ccc([N+](=O)[O-])cc2)n1. The monoisotopic (exact) mass is 334 g/mol. The van der Waals surface area contributed by atoms with Gasteiger partial charge in [-0.05, 0) is 18.6 Å². The average Bonchev–Trinajstić information content (AvgIpc) is 2.53. The lowest BCUT2D eigenvalue weighted by molar-refractivity contribution is -0.384. The lowest BCUT2D eigenvalue weighted by Gasteiger charge is -2.05. The molecule has 0 bridgehead atoms. The Hall–Kier alpha value is -2.68. The van der Waals surface area contributed by atoms with Crippen molar-refractivity contribution in [3.8, 4) is 0 Å². The summed E-state index contributed by atoms with van der Waals surface area (Å²) in [6.45, 7) is 1.89. The maximum atomic E-state index is 11.9. The quantitative estimate of drug-likeness (QED) is 0.361. The molecule has 120 valence electrons. The highest BCUT2D eigenvalue weighted by molar-refractivity contribution is 7.99. The van der Waals surface area contributed by atoms with E-state index in [9.17, 15) is 19.7 Å². The molecule has 0 saturated heterocycles. The number of hydrogen-bond acceptors (Lipinski definition) is 6. The number of carbonyl (C=O) groups excluding carboxylic acids is 1. The van der Waals surface area contributed by atoms with Gasteiger partial charge in [-0.25, -0.2) is 4.98 Å². The molecule has 2 aromatic rings. The molecule has 0 fully saturated rings. The van der Waals surface area contributed by atoms with Crippen molar-refractivity contribution in [3.05, 3.63) is 56.5 Å². The van der Waals surface area contributed by atoms with Gasteiger partial charge in [-0.1, -0.05) is 18.7 Å². The van der Waals surface area contributed by atoms with E-state index in [0.29, 0.717) is 23.0 Å². The van der Waals surface area contributed by atoms with Crippen LogP contribution in [0.1, 0.15) is 12.6 Å². The number of nitrogens with one attached hydrogen (secondary N) is 2. The number of amides is 1. The number of non-ortho nitro benzene ring substituents is 1. The molecule has 1 amide bonds. The lowest BCUT2D eigenvalue weighted by atomic mass is 10.3.